The number of halogens is 1. The van der Waals surface area contributed by atoms with Gasteiger partial charge in [-0.2, -0.15) is 0 Å². The predicted molar refractivity (Wildman–Crippen MR) is 109 cm³/mol. The minimum atomic E-state index is 0. The van der Waals surface area contributed by atoms with Crippen LogP contribution in [0.25, 0.3) is 0 Å². The SMILES string of the molecule is CCNC(=NCc1ccc(N(CC)CC)nc1)NC1CC1C.I. The van der Waals surface area contributed by atoms with E-state index < -0.39 is 0 Å². The molecule has 1 aromatic rings. The van der Waals surface area contributed by atoms with Crippen molar-refractivity contribution in [3.8, 4) is 0 Å². The van der Waals surface area contributed by atoms with Crippen molar-refractivity contribution < 1.29 is 0 Å². The van der Waals surface area contributed by atoms with Crippen LogP contribution in [0.5, 0.6) is 0 Å². The van der Waals surface area contributed by atoms with Crippen molar-refractivity contribution in [3.05, 3.63) is 23.9 Å². The Kier molecular flexibility index (Phi) is 8.65. The van der Waals surface area contributed by atoms with E-state index in [2.05, 4.69) is 65.3 Å². The molecule has 1 aromatic heterocycles. The van der Waals surface area contributed by atoms with Crippen LogP contribution in [-0.2, 0) is 6.54 Å². The first-order chi connectivity index (χ1) is 10.7. The highest BCUT2D eigenvalue weighted by Crippen LogP contribution is 2.28. The highest BCUT2D eigenvalue weighted by atomic mass is 127. The van der Waals surface area contributed by atoms with Gasteiger partial charge in [-0.3, -0.25) is 0 Å². The summed E-state index contributed by atoms with van der Waals surface area (Å²) in [5.74, 6) is 2.71. The zero-order valence-corrected chi connectivity index (χ0v) is 17.0. The van der Waals surface area contributed by atoms with E-state index in [0.29, 0.717) is 12.6 Å². The molecule has 0 saturated heterocycles. The summed E-state index contributed by atoms with van der Waals surface area (Å²) in [6.07, 6.45) is 3.17. The third-order valence-electron chi connectivity index (χ3n) is 4.09. The summed E-state index contributed by atoms with van der Waals surface area (Å²) in [5, 5.41) is 6.77. The molecule has 0 amide bonds. The lowest BCUT2D eigenvalue weighted by Crippen LogP contribution is -2.39. The summed E-state index contributed by atoms with van der Waals surface area (Å²) in [5.41, 5.74) is 1.14. The number of anilines is 1. The van der Waals surface area contributed by atoms with Crippen molar-refractivity contribution in [3.63, 3.8) is 0 Å². The van der Waals surface area contributed by atoms with E-state index in [1.165, 1.54) is 6.42 Å². The molecule has 6 heteroatoms. The van der Waals surface area contributed by atoms with E-state index in [-0.39, 0.29) is 24.0 Å². The molecule has 23 heavy (non-hydrogen) atoms. The fourth-order valence-electron chi connectivity index (χ4n) is 2.43. The molecule has 130 valence electrons. The monoisotopic (exact) mass is 431 g/mol. The highest BCUT2D eigenvalue weighted by Gasteiger charge is 2.33. The molecule has 2 N–H and O–H groups in total. The number of pyridine rings is 1. The molecule has 0 aliphatic heterocycles. The molecular weight excluding hydrogens is 401 g/mol. The normalized spacial score (nSPS) is 19.7. The molecule has 1 heterocycles. The van der Waals surface area contributed by atoms with E-state index in [9.17, 15) is 0 Å². The molecule has 0 bridgehead atoms. The maximum Gasteiger partial charge on any atom is 0.191 e. The second-order valence-corrected chi connectivity index (χ2v) is 5.86. The molecule has 2 unspecified atom stereocenters. The summed E-state index contributed by atoms with van der Waals surface area (Å²) in [6.45, 7) is 12.1. The van der Waals surface area contributed by atoms with Crippen LogP contribution in [-0.4, -0.2) is 36.6 Å². The number of hydrogen-bond donors (Lipinski definition) is 2. The lowest BCUT2D eigenvalue weighted by molar-refractivity contribution is 0.766. The highest BCUT2D eigenvalue weighted by molar-refractivity contribution is 14.0. The van der Waals surface area contributed by atoms with Crippen LogP contribution in [0, 0.1) is 5.92 Å². The Balaban J connectivity index is 0.00000264. The molecule has 1 aliphatic carbocycles. The standard InChI is InChI=1S/C17H29N5.HI/c1-5-18-17(21-15-10-13(15)4)20-12-14-8-9-16(19-11-14)22(6-2)7-3;/h8-9,11,13,15H,5-7,10,12H2,1-4H3,(H2,18,20,21);1H. The average molecular weight is 431 g/mol. The minimum Gasteiger partial charge on any atom is -0.357 e. The van der Waals surface area contributed by atoms with E-state index in [4.69, 9.17) is 0 Å². The van der Waals surface area contributed by atoms with Crippen molar-refractivity contribution >= 4 is 35.8 Å². The molecule has 0 radical (unpaired) electrons. The van der Waals surface area contributed by atoms with Crippen LogP contribution in [0.15, 0.2) is 23.3 Å². The Hall–Kier alpha value is -1.05. The number of rotatable bonds is 7. The second kappa shape index (κ2) is 9.95. The fourth-order valence-corrected chi connectivity index (χ4v) is 2.43. The third kappa shape index (κ3) is 6.16. The van der Waals surface area contributed by atoms with Crippen LogP contribution < -0.4 is 15.5 Å². The van der Waals surface area contributed by atoms with Gasteiger partial charge in [-0.1, -0.05) is 13.0 Å². The number of aromatic nitrogens is 1. The summed E-state index contributed by atoms with van der Waals surface area (Å²) >= 11 is 0. The molecule has 2 rings (SSSR count). The first-order valence-corrected chi connectivity index (χ1v) is 8.42. The first kappa shape index (κ1) is 20.0. The van der Waals surface area contributed by atoms with Crippen molar-refractivity contribution in [2.45, 2.75) is 46.7 Å². The quantitative estimate of drug-likeness (QED) is 0.396. The van der Waals surface area contributed by atoms with Crippen LogP contribution in [0.3, 0.4) is 0 Å². The van der Waals surface area contributed by atoms with Gasteiger partial charge >= 0.3 is 0 Å². The average Bonchev–Trinajstić information content (AvgIpc) is 3.22. The van der Waals surface area contributed by atoms with E-state index in [1.807, 2.05) is 6.20 Å². The van der Waals surface area contributed by atoms with Gasteiger partial charge in [0.15, 0.2) is 5.96 Å². The lowest BCUT2D eigenvalue weighted by Gasteiger charge is -2.19. The smallest absolute Gasteiger partial charge is 0.191 e. The summed E-state index contributed by atoms with van der Waals surface area (Å²) in [4.78, 5) is 11.4. The van der Waals surface area contributed by atoms with Crippen LogP contribution in [0.4, 0.5) is 5.82 Å². The first-order valence-electron chi connectivity index (χ1n) is 8.42. The van der Waals surface area contributed by atoms with E-state index in [0.717, 1.165) is 42.9 Å². The number of nitrogens with zero attached hydrogens (tertiary/aromatic N) is 3. The van der Waals surface area contributed by atoms with Gasteiger partial charge in [-0.15, -0.1) is 24.0 Å². The van der Waals surface area contributed by atoms with Crippen molar-refractivity contribution in [1.29, 1.82) is 0 Å². The van der Waals surface area contributed by atoms with Gasteiger partial charge in [-0.05, 0) is 44.7 Å². The zero-order chi connectivity index (χ0) is 15.9. The van der Waals surface area contributed by atoms with E-state index >= 15 is 0 Å². The molecule has 5 nitrogen and oxygen atoms in total. The topological polar surface area (TPSA) is 52.6 Å². The Morgan fingerprint density at radius 3 is 2.48 bits per heavy atom. The molecule has 1 fully saturated rings. The van der Waals surface area contributed by atoms with Crippen molar-refractivity contribution in [1.82, 2.24) is 15.6 Å². The van der Waals surface area contributed by atoms with Gasteiger partial charge in [0.05, 0.1) is 6.54 Å². The van der Waals surface area contributed by atoms with Crippen molar-refractivity contribution in [2.24, 2.45) is 10.9 Å². The van der Waals surface area contributed by atoms with Gasteiger partial charge in [0.25, 0.3) is 0 Å². The molecule has 1 saturated carbocycles. The third-order valence-corrected chi connectivity index (χ3v) is 4.09. The number of nitrogens with one attached hydrogen (secondary N) is 2. The predicted octanol–water partition coefficient (Wildman–Crippen LogP) is 3.01. The summed E-state index contributed by atoms with van der Waals surface area (Å²) in [7, 11) is 0. The Labute approximate surface area is 157 Å². The van der Waals surface area contributed by atoms with E-state index in [1.54, 1.807) is 0 Å². The van der Waals surface area contributed by atoms with Gasteiger partial charge in [-0.25, -0.2) is 9.98 Å². The van der Waals surface area contributed by atoms with Crippen LogP contribution >= 0.6 is 24.0 Å². The van der Waals surface area contributed by atoms with Gasteiger partial charge in [0, 0.05) is 31.9 Å². The van der Waals surface area contributed by atoms with Crippen molar-refractivity contribution in [2.75, 3.05) is 24.5 Å². The van der Waals surface area contributed by atoms with Gasteiger partial charge in [0.1, 0.15) is 5.82 Å². The molecule has 0 aromatic carbocycles. The fraction of sp³-hybridized carbons (Fsp3) is 0.647. The molecular formula is C17H30IN5. The maximum absolute atomic E-state index is 4.65. The van der Waals surface area contributed by atoms with Crippen LogP contribution in [0.2, 0.25) is 0 Å². The maximum atomic E-state index is 4.65. The largest absolute Gasteiger partial charge is 0.357 e. The summed E-state index contributed by atoms with van der Waals surface area (Å²) < 4.78 is 0. The molecule has 2 atom stereocenters. The second-order valence-electron chi connectivity index (χ2n) is 5.86. The molecule has 0 spiro atoms. The Morgan fingerprint density at radius 1 is 1.30 bits per heavy atom. The zero-order valence-electron chi connectivity index (χ0n) is 14.7. The molecule has 1 aliphatic rings. The number of hydrogen-bond acceptors (Lipinski definition) is 3. The van der Waals surface area contributed by atoms with Crippen LogP contribution in [0.1, 0.15) is 39.7 Å². The summed E-state index contributed by atoms with van der Waals surface area (Å²) in [6, 6.07) is 4.79. The minimum absolute atomic E-state index is 0. The number of guanidine groups is 1. The van der Waals surface area contributed by atoms with Gasteiger partial charge in [0.2, 0.25) is 0 Å². The Bertz CT molecular complexity index is 484. The Morgan fingerprint density at radius 2 is 2.00 bits per heavy atom. The van der Waals surface area contributed by atoms with Gasteiger partial charge < -0.3 is 15.5 Å². The number of aliphatic imine (C=N–C) groups is 1. The lowest BCUT2D eigenvalue weighted by atomic mass is 10.3.